The molecule has 1 N–H and O–H groups in total. The number of carbonyl (C=O) groups excluding carboxylic acids is 1. The molecule has 2 saturated heterocycles. The third kappa shape index (κ3) is 3.82. The van der Waals surface area contributed by atoms with Crippen molar-refractivity contribution in [2.75, 3.05) is 37.6 Å². The van der Waals surface area contributed by atoms with Crippen LogP contribution in [0.25, 0.3) is 0 Å². The van der Waals surface area contributed by atoms with Crippen molar-refractivity contribution in [2.24, 2.45) is 11.1 Å². The molecule has 2 atom stereocenters. The van der Waals surface area contributed by atoms with Gasteiger partial charge in [-0.1, -0.05) is 5.16 Å². The van der Waals surface area contributed by atoms with E-state index in [1.165, 1.54) is 12.8 Å². The van der Waals surface area contributed by atoms with Crippen molar-refractivity contribution >= 4 is 17.6 Å². The van der Waals surface area contributed by atoms with Crippen LogP contribution in [0.4, 0.5) is 5.95 Å². The van der Waals surface area contributed by atoms with E-state index in [4.69, 9.17) is 4.84 Å². The van der Waals surface area contributed by atoms with Crippen LogP contribution >= 0.6 is 0 Å². The SMILES string of the molecule is Cc1cnc(N2CCC(NCC3CC3)C3(CC(C(=O)N4CCCC4)=NO3)C2)nc1. The van der Waals surface area contributed by atoms with E-state index in [1.54, 1.807) is 0 Å². The standard InChI is InChI=1S/C21H30N6O2/c1-15-11-23-20(24-12-15)27-9-6-18(22-13-16-4-5-16)21(14-27)10-17(25-29-21)19(28)26-7-2-3-8-26/h11-12,16,18,22H,2-10,13-14H2,1H3. The number of likely N-dealkylation sites (tertiary alicyclic amines) is 1. The number of anilines is 1. The molecule has 3 aliphatic heterocycles. The Labute approximate surface area is 171 Å². The molecule has 0 aromatic carbocycles. The van der Waals surface area contributed by atoms with Crippen LogP contribution in [0.1, 0.15) is 44.1 Å². The highest BCUT2D eigenvalue weighted by atomic mass is 16.7. The molecule has 0 radical (unpaired) electrons. The van der Waals surface area contributed by atoms with E-state index < -0.39 is 5.60 Å². The zero-order valence-corrected chi connectivity index (χ0v) is 17.1. The van der Waals surface area contributed by atoms with Crippen molar-refractivity contribution in [1.29, 1.82) is 0 Å². The van der Waals surface area contributed by atoms with Crippen LogP contribution in [-0.4, -0.2) is 70.9 Å². The van der Waals surface area contributed by atoms with Crippen LogP contribution in [0.5, 0.6) is 0 Å². The molecule has 29 heavy (non-hydrogen) atoms. The van der Waals surface area contributed by atoms with Gasteiger partial charge in [-0.3, -0.25) is 4.79 Å². The first kappa shape index (κ1) is 18.8. The van der Waals surface area contributed by atoms with Crippen molar-refractivity contribution in [1.82, 2.24) is 20.2 Å². The summed E-state index contributed by atoms with van der Waals surface area (Å²) in [7, 11) is 0. The maximum absolute atomic E-state index is 12.9. The highest BCUT2D eigenvalue weighted by Crippen LogP contribution is 2.36. The molecule has 1 saturated carbocycles. The lowest BCUT2D eigenvalue weighted by atomic mass is 9.83. The molecule has 8 heteroatoms. The summed E-state index contributed by atoms with van der Waals surface area (Å²) in [5.41, 5.74) is 1.08. The average molecular weight is 399 g/mol. The number of piperidine rings is 1. The summed E-state index contributed by atoms with van der Waals surface area (Å²) >= 11 is 0. The van der Waals surface area contributed by atoms with Crippen LogP contribution in [0.15, 0.2) is 17.5 Å². The summed E-state index contributed by atoms with van der Waals surface area (Å²) in [4.78, 5) is 32.1. The molecular weight excluding hydrogens is 368 g/mol. The fourth-order valence-electron chi connectivity index (χ4n) is 4.68. The van der Waals surface area contributed by atoms with Gasteiger partial charge in [0, 0.05) is 38.4 Å². The van der Waals surface area contributed by atoms with Gasteiger partial charge in [0.05, 0.1) is 12.6 Å². The van der Waals surface area contributed by atoms with Crippen molar-refractivity contribution in [3.63, 3.8) is 0 Å². The van der Waals surface area contributed by atoms with E-state index in [2.05, 4.69) is 25.3 Å². The third-order valence-electron chi connectivity index (χ3n) is 6.63. The fourth-order valence-corrected chi connectivity index (χ4v) is 4.68. The molecule has 1 aromatic rings. The highest BCUT2D eigenvalue weighted by molar-refractivity contribution is 6.39. The molecule has 0 bridgehead atoms. The van der Waals surface area contributed by atoms with Crippen molar-refractivity contribution in [2.45, 2.75) is 57.1 Å². The number of hydrogen-bond donors (Lipinski definition) is 1. The quantitative estimate of drug-likeness (QED) is 0.809. The van der Waals surface area contributed by atoms with Crippen molar-refractivity contribution in [3.8, 4) is 0 Å². The van der Waals surface area contributed by atoms with E-state index in [0.29, 0.717) is 18.7 Å². The first-order chi connectivity index (χ1) is 14.1. The number of aryl methyl sites for hydroxylation is 1. The Balaban J connectivity index is 1.33. The Bertz CT molecular complexity index is 787. The number of oxime groups is 1. The van der Waals surface area contributed by atoms with E-state index in [9.17, 15) is 4.79 Å². The Morgan fingerprint density at radius 2 is 1.97 bits per heavy atom. The van der Waals surface area contributed by atoms with Gasteiger partial charge < -0.3 is 20.0 Å². The summed E-state index contributed by atoms with van der Waals surface area (Å²) < 4.78 is 0. The minimum Gasteiger partial charge on any atom is -0.385 e. The molecule has 1 aromatic heterocycles. The lowest BCUT2D eigenvalue weighted by molar-refractivity contribution is -0.123. The summed E-state index contributed by atoms with van der Waals surface area (Å²) in [5, 5.41) is 8.05. The second-order valence-electron chi connectivity index (χ2n) is 9.04. The number of nitrogens with one attached hydrogen (secondary N) is 1. The van der Waals surface area contributed by atoms with Crippen molar-refractivity contribution < 1.29 is 9.63 Å². The minimum absolute atomic E-state index is 0.0454. The van der Waals surface area contributed by atoms with Crippen LogP contribution in [0, 0.1) is 12.8 Å². The van der Waals surface area contributed by atoms with Gasteiger partial charge in [-0.25, -0.2) is 9.97 Å². The second-order valence-corrected chi connectivity index (χ2v) is 9.04. The molecule has 156 valence electrons. The van der Waals surface area contributed by atoms with Gasteiger partial charge >= 0.3 is 0 Å². The Morgan fingerprint density at radius 3 is 2.69 bits per heavy atom. The monoisotopic (exact) mass is 398 g/mol. The number of nitrogens with zero attached hydrogens (tertiary/aromatic N) is 5. The van der Waals surface area contributed by atoms with Gasteiger partial charge in [-0.15, -0.1) is 0 Å². The predicted molar refractivity (Wildman–Crippen MR) is 110 cm³/mol. The molecule has 3 fully saturated rings. The van der Waals surface area contributed by atoms with Gasteiger partial charge in [0.25, 0.3) is 5.91 Å². The topological polar surface area (TPSA) is 83.0 Å². The van der Waals surface area contributed by atoms with E-state index in [-0.39, 0.29) is 11.9 Å². The molecule has 1 spiro atoms. The maximum Gasteiger partial charge on any atom is 0.271 e. The largest absolute Gasteiger partial charge is 0.385 e. The number of carbonyl (C=O) groups is 1. The van der Waals surface area contributed by atoms with Crippen LogP contribution < -0.4 is 10.2 Å². The second kappa shape index (κ2) is 7.55. The normalized spacial score (nSPS) is 29.3. The highest BCUT2D eigenvalue weighted by Gasteiger charge is 2.52. The lowest BCUT2D eigenvalue weighted by Gasteiger charge is -2.44. The Kier molecular flexibility index (Phi) is 4.89. The average Bonchev–Trinajstić information content (AvgIpc) is 3.22. The number of amides is 1. The smallest absolute Gasteiger partial charge is 0.271 e. The fraction of sp³-hybridized carbons (Fsp3) is 0.714. The minimum atomic E-state index is -0.536. The van der Waals surface area contributed by atoms with Crippen LogP contribution in [-0.2, 0) is 9.63 Å². The molecule has 1 aliphatic carbocycles. The van der Waals surface area contributed by atoms with Gasteiger partial charge in [-0.05, 0) is 57.1 Å². The number of rotatable bonds is 5. The van der Waals surface area contributed by atoms with E-state index >= 15 is 0 Å². The first-order valence-corrected chi connectivity index (χ1v) is 10.9. The van der Waals surface area contributed by atoms with E-state index in [0.717, 1.165) is 62.9 Å². The lowest BCUT2D eigenvalue weighted by Crippen LogP contribution is -2.62. The summed E-state index contributed by atoms with van der Waals surface area (Å²) in [6, 6.07) is 0.178. The molecule has 4 aliphatic rings. The maximum atomic E-state index is 12.9. The molecule has 8 nitrogen and oxygen atoms in total. The number of aromatic nitrogens is 2. The third-order valence-corrected chi connectivity index (χ3v) is 6.63. The summed E-state index contributed by atoms with van der Waals surface area (Å²) in [6.45, 7) is 6.18. The molecule has 4 heterocycles. The van der Waals surface area contributed by atoms with Crippen molar-refractivity contribution in [3.05, 3.63) is 18.0 Å². The van der Waals surface area contributed by atoms with Gasteiger partial charge in [0.2, 0.25) is 5.95 Å². The molecular formula is C21H30N6O2. The zero-order chi connectivity index (χ0) is 19.8. The van der Waals surface area contributed by atoms with Crippen LogP contribution in [0.2, 0.25) is 0 Å². The van der Waals surface area contributed by atoms with Crippen LogP contribution in [0.3, 0.4) is 0 Å². The summed E-state index contributed by atoms with van der Waals surface area (Å²) in [5.74, 6) is 1.56. The zero-order valence-electron chi connectivity index (χ0n) is 17.1. The van der Waals surface area contributed by atoms with Gasteiger partial charge in [0.1, 0.15) is 5.71 Å². The first-order valence-electron chi connectivity index (χ1n) is 10.9. The number of hydrogen-bond acceptors (Lipinski definition) is 7. The summed E-state index contributed by atoms with van der Waals surface area (Å²) in [6.07, 6.45) is 9.95. The molecule has 5 rings (SSSR count). The van der Waals surface area contributed by atoms with Gasteiger partial charge in [0.15, 0.2) is 5.60 Å². The van der Waals surface area contributed by atoms with Gasteiger partial charge in [-0.2, -0.15) is 0 Å². The predicted octanol–water partition coefficient (Wildman–Crippen LogP) is 1.50. The Hall–Kier alpha value is -2.22. The van der Waals surface area contributed by atoms with E-state index in [1.807, 2.05) is 24.2 Å². The molecule has 2 unspecified atom stereocenters. The molecule has 1 amide bonds. The Morgan fingerprint density at radius 1 is 1.21 bits per heavy atom.